The first-order chi connectivity index (χ1) is 30.9. The molecule has 8 aromatic heterocycles. The van der Waals surface area contributed by atoms with E-state index in [0.717, 1.165) is 134 Å². The van der Waals surface area contributed by atoms with Crippen molar-refractivity contribution in [1.82, 2.24) is 70.1 Å². The first-order valence-electron chi connectivity index (χ1n) is 21.1. The lowest BCUT2D eigenvalue weighted by molar-refractivity contribution is 0.222. The second-order valence-electron chi connectivity index (χ2n) is 16.5. The van der Waals surface area contributed by atoms with Gasteiger partial charge in [-0.1, -0.05) is 6.07 Å². The van der Waals surface area contributed by atoms with Crippen molar-refractivity contribution in [2.45, 2.75) is 6.04 Å². The minimum absolute atomic E-state index is 0.0938. The van der Waals surface area contributed by atoms with E-state index in [9.17, 15) is 5.11 Å². The van der Waals surface area contributed by atoms with Gasteiger partial charge in [-0.3, -0.25) is 25.1 Å². The standard InChI is InChI=1S/C46H42N16O/c1-59-13-16-61(17-14-59)45-41-35(7-11-49-45)52-44(53-41)40-33-22-28(29-19-30(63)24-48-23-29)21-32(38(33)56-58-40)37-25-62(18-15-60(37)2)46-42-36(8-12-50-46)51-43(54-42)39-31-20-27(3-4-34(31)55-57-39)26-5-9-47-10-6-26/h3-12,19-24,37,63H,13-18,25H2,1-2H3,(H,51,54)(H,52,53)(H,55,57)(H,56,58). The lowest BCUT2D eigenvalue weighted by atomic mass is 9.94. The summed E-state index contributed by atoms with van der Waals surface area (Å²) in [6.07, 6.45) is 10.5. The minimum atomic E-state index is -0.0938. The van der Waals surface area contributed by atoms with Gasteiger partial charge in [0.2, 0.25) is 0 Å². The molecule has 17 nitrogen and oxygen atoms in total. The van der Waals surface area contributed by atoms with Gasteiger partial charge in [0.05, 0.1) is 34.3 Å². The van der Waals surface area contributed by atoms with Gasteiger partial charge < -0.3 is 29.8 Å². The molecular weight excluding hydrogens is 793 g/mol. The van der Waals surface area contributed by atoms with E-state index < -0.39 is 0 Å². The summed E-state index contributed by atoms with van der Waals surface area (Å²) in [5.41, 5.74) is 11.5. The molecule has 2 fully saturated rings. The molecule has 5 N–H and O–H groups in total. The van der Waals surface area contributed by atoms with E-state index >= 15 is 0 Å². The SMILES string of the molecule is CN1CCN(c2nccc3[nH]c(-c4[nH]nc5c(C6CN(c7nccc8[nH]c(-c9n[nH]c%10ccc(-c%11ccncc%11)cc9%10)nc78)CCN6C)cc(-c6cncc(O)c6)cc45)nc23)CC1. The number of piperazine rings is 2. The van der Waals surface area contributed by atoms with Crippen molar-refractivity contribution in [3.05, 3.63) is 103 Å². The van der Waals surface area contributed by atoms with E-state index in [-0.39, 0.29) is 11.8 Å². The third-order valence-electron chi connectivity index (χ3n) is 12.7. The lowest BCUT2D eigenvalue weighted by Gasteiger charge is -2.40. The topological polar surface area (TPSA) is 199 Å². The maximum atomic E-state index is 10.5. The van der Waals surface area contributed by atoms with Crippen molar-refractivity contribution in [2.75, 3.05) is 69.7 Å². The molecule has 0 bridgehead atoms. The first-order valence-corrected chi connectivity index (χ1v) is 21.1. The van der Waals surface area contributed by atoms with E-state index in [2.05, 4.69) is 88.1 Å². The summed E-state index contributed by atoms with van der Waals surface area (Å²) in [5.74, 6) is 3.11. The van der Waals surface area contributed by atoms with Crippen LogP contribution in [0, 0.1) is 0 Å². The number of rotatable bonds is 7. The largest absolute Gasteiger partial charge is 0.506 e. The third-order valence-corrected chi connectivity index (χ3v) is 12.7. The molecule has 2 saturated heterocycles. The number of nitrogens with zero attached hydrogens (tertiary/aromatic N) is 12. The quantitative estimate of drug-likeness (QED) is 0.118. The van der Waals surface area contributed by atoms with Crippen molar-refractivity contribution in [3.63, 3.8) is 0 Å². The number of benzene rings is 2. The Morgan fingerprint density at radius 1 is 0.587 bits per heavy atom. The first kappa shape index (κ1) is 37.0. The van der Waals surface area contributed by atoms with Crippen molar-refractivity contribution >= 4 is 55.5 Å². The summed E-state index contributed by atoms with van der Waals surface area (Å²) in [6.45, 7) is 5.84. The molecule has 2 aromatic carbocycles. The Morgan fingerprint density at radius 3 is 2.11 bits per heavy atom. The van der Waals surface area contributed by atoms with Crippen molar-refractivity contribution in [1.29, 1.82) is 0 Å². The van der Waals surface area contributed by atoms with E-state index in [0.29, 0.717) is 18.2 Å². The molecule has 1 unspecified atom stereocenters. The van der Waals surface area contributed by atoms with E-state index in [1.54, 1.807) is 24.7 Å². The maximum Gasteiger partial charge on any atom is 0.159 e. The van der Waals surface area contributed by atoms with Gasteiger partial charge in [-0.05, 0) is 90.9 Å². The van der Waals surface area contributed by atoms with E-state index in [4.69, 9.17) is 30.1 Å². The van der Waals surface area contributed by atoms with Gasteiger partial charge in [0.15, 0.2) is 23.3 Å². The molecule has 10 aromatic rings. The van der Waals surface area contributed by atoms with Gasteiger partial charge in [0.25, 0.3) is 0 Å². The Bertz CT molecular complexity index is 3330. The second kappa shape index (κ2) is 14.7. The fourth-order valence-corrected chi connectivity index (χ4v) is 9.21. The zero-order valence-electron chi connectivity index (χ0n) is 34.6. The van der Waals surface area contributed by atoms with E-state index in [1.807, 2.05) is 42.7 Å². The number of aromatic nitrogens is 12. The van der Waals surface area contributed by atoms with Gasteiger partial charge in [-0.2, -0.15) is 10.2 Å². The number of aromatic hydroxyl groups is 1. The van der Waals surface area contributed by atoms with Crippen LogP contribution < -0.4 is 9.80 Å². The van der Waals surface area contributed by atoms with Gasteiger partial charge in [0, 0.05) is 93.1 Å². The van der Waals surface area contributed by atoms with Gasteiger partial charge in [-0.15, -0.1) is 0 Å². The molecule has 0 radical (unpaired) electrons. The van der Waals surface area contributed by atoms with Crippen LogP contribution in [0.5, 0.6) is 5.75 Å². The maximum absolute atomic E-state index is 10.5. The van der Waals surface area contributed by atoms with Crippen LogP contribution in [-0.4, -0.2) is 135 Å². The molecule has 2 aliphatic heterocycles. The number of imidazole rings is 2. The number of nitrogens with one attached hydrogen (secondary N) is 4. The molecule has 0 spiro atoms. The van der Waals surface area contributed by atoms with Crippen LogP contribution in [0.15, 0.2) is 97.8 Å². The van der Waals surface area contributed by atoms with Crippen LogP contribution in [0.4, 0.5) is 11.6 Å². The molecule has 10 heterocycles. The molecule has 17 heteroatoms. The highest BCUT2D eigenvalue weighted by Crippen LogP contribution is 2.40. The van der Waals surface area contributed by atoms with Crippen molar-refractivity contribution < 1.29 is 5.11 Å². The van der Waals surface area contributed by atoms with Gasteiger partial charge >= 0.3 is 0 Å². The summed E-state index contributed by atoms with van der Waals surface area (Å²) in [6, 6.07) is 20.1. The van der Waals surface area contributed by atoms with Crippen LogP contribution >= 0.6 is 0 Å². The predicted octanol–water partition coefficient (Wildman–Crippen LogP) is 6.39. The van der Waals surface area contributed by atoms with Gasteiger partial charge in [0.1, 0.15) is 28.2 Å². The molecule has 0 amide bonds. The van der Waals surface area contributed by atoms with Crippen LogP contribution in [0.1, 0.15) is 11.6 Å². The van der Waals surface area contributed by atoms with Crippen molar-refractivity contribution in [2.24, 2.45) is 0 Å². The van der Waals surface area contributed by atoms with E-state index in [1.165, 1.54) is 6.20 Å². The number of pyridine rings is 4. The number of anilines is 2. The fraction of sp³-hybridized carbons (Fsp3) is 0.217. The number of fused-ring (bicyclic) bond motifs is 4. The highest BCUT2D eigenvalue weighted by molar-refractivity contribution is 6.00. The summed E-state index contributed by atoms with van der Waals surface area (Å²) >= 11 is 0. The number of aromatic amines is 4. The normalized spacial score (nSPS) is 16.6. The summed E-state index contributed by atoms with van der Waals surface area (Å²) in [5, 5.41) is 28.7. The molecule has 1 atom stereocenters. The predicted molar refractivity (Wildman–Crippen MR) is 243 cm³/mol. The second-order valence-corrected chi connectivity index (χ2v) is 16.5. The minimum Gasteiger partial charge on any atom is -0.506 e. The molecule has 0 aliphatic carbocycles. The molecular formula is C46H42N16O. The summed E-state index contributed by atoms with van der Waals surface area (Å²) in [7, 11) is 4.30. The van der Waals surface area contributed by atoms with Crippen LogP contribution in [-0.2, 0) is 0 Å². The Kier molecular flexibility index (Phi) is 8.65. The fourth-order valence-electron chi connectivity index (χ4n) is 9.21. The Morgan fingerprint density at radius 2 is 1.32 bits per heavy atom. The summed E-state index contributed by atoms with van der Waals surface area (Å²) < 4.78 is 0. The highest BCUT2D eigenvalue weighted by Gasteiger charge is 2.32. The molecule has 312 valence electrons. The molecule has 2 aliphatic rings. The monoisotopic (exact) mass is 834 g/mol. The summed E-state index contributed by atoms with van der Waals surface area (Å²) in [4.78, 5) is 45.0. The van der Waals surface area contributed by atoms with Crippen LogP contribution in [0.25, 0.3) is 89.2 Å². The Labute approximate surface area is 359 Å². The zero-order valence-corrected chi connectivity index (χ0v) is 34.6. The molecule has 12 rings (SSSR count). The smallest absolute Gasteiger partial charge is 0.159 e. The average Bonchev–Trinajstić information content (AvgIpc) is 4.14. The van der Waals surface area contributed by atoms with Gasteiger partial charge in [-0.25, -0.2) is 19.9 Å². The molecule has 0 saturated carbocycles. The Hall–Kier alpha value is -7.76. The number of likely N-dealkylation sites (N-methyl/N-ethyl adjacent to an activating group) is 2. The van der Waals surface area contributed by atoms with Crippen LogP contribution in [0.3, 0.4) is 0 Å². The number of H-pyrrole nitrogens is 4. The number of hydrogen-bond acceptors (Lipinski definition) is 13. The highest BCUT2D eigenvalue weighted by atomic mass is 16.3. The number of hydrogen-bond donors (Lipinski definition) is 5. The van der Waals surface area contributed by atoms with Crippen LogP contribution in [0.2, 0.25) is 0 Å². The average molecular weight is 835 g/mol. The Balaban J connectivity index is 0.929. The van der Waals surface area contributed by atoms with Crippen molar-refractivity contribution in [3.8, 4) is 51.0 Å². The lowest BCUT2D eigenvalue weighted by Crippen LogP contribution is -2.47. The zero-order chi connectivity index (χ0) is 42.2. The third kappa shape index (κ3) is 6.39. The molecule has 63 heavy (non-hydrogen) atoms.